The first-order valence-electron chi connectivity index (χ1n) is 11.3. The summed E-state index contributed by atoms with van der Waals surface area (Å²) in [6.07, 6.45) is 8.20. The lowest BCUT2D eigenvalue weighted by Crippen LogP contribution is -2.69. The molecule has 2 aliphatic heterocycles. The number of fused-ring (bicyclic) bond motifs is 3. The Labute approximate surface area is 182 Å². The van der Waals surface area contributed by atoms with Crippen LogP contribution in [0.4, 0.5) is 0 Å². The van der Waals surface area contributed by atoms with Crippen molar-refractivity contribution < 1.29 is 32.3 Å². The molecular formula is C23H30O7S. The zero-order valence-corrected chi connectivity index (χ0v) is 18.9. The minimum atomic E-state index is -3.87. The summed E-state index contributed by atoms with van der Waals surface area (Å²) in [5.74, 6) is -0.612. The first-order valence-corrected chi connectivity index (χ1v) is 12.8. The normalized spacial score (nSPS) is 58.7. The van der Waals surface area contributed by atoms with Crippen molar-refractivity contribution >= 4 is 15.9 Å². The van der Waals surface area contributed by atoms with Gasteiger partial charge in [0, 0.05) is 10.8 Å². The van der Waals surface area contributed by atoms with E-state index >= 15 is 0 Å². The maximum atomic E-state index is 12.1. The van der Waals surface area contributed by atoms with Gasteiger partial charge in [0.05, 0.1) is 12.7 Å². The van der Waals surface area contributed by atoms with E-state index in [-0.39, 0.29) is 35.1 Å². The minimum absolute atomic E-state index is 0.0219. The van der Waals surface area contributed by atoms with Crippen molar-refractivity contribution in [3.63, 3.8) is 0 Å². The van der Waals surface area contributed by atoms with E-state index in [9.17, 15) is 23.4 Å². The lowest BCUT2D eigenvalue weighted by Gasteiger charge is -2.58. The number of allylic oxidation sites excluding steroid dienone is 2. The molecule has 9 atom stereocenters. The zero-order valence-electron chi connectivity index (χ0n) is 18.1. The predicted molar refractivity (Wildman–Crippen MR) is 110 cm³/mol. The molecule has 0 amide bonds. The molecule has 7 nitrogen and oxygen atoms in total. The molecule has 6 rings (SSSR count). The highest BCUT2D eigenvalue weighted by molar-refractivity contribution is 7.87. The molecule has 0 aromatic heterocycles. The molecule has 0 aromatic carbocycles. The van der Waals surface area contributed by atoms with Crippen LogP contribution in [0.25, 0.3) is 0 Å². The lowest BCUT2D eigenvalue weighted by molar-refractivity contribution is -0.226. The molecule has 2 heterocycles. The molecule has 8 heteroatoms. The highest BCUT2D eigenvalue weighted by Gasteiger charge is 2.83. The van der Waals surface area contributed by atoms with Crippen molar-refractivity contribution in [2.24, 2.45) is 28.6 Å². The van der Waals surface area contributed by atoms with Crippen molar-refractivity contribution in [1.29, 1.82) is 0 Å². The van der Waals surface area contributed by atoms with Gasteiger partial charge in [-0.2, -0.15) is 8.42 Å². The molecule has 170 valence electrons. The molecule has 6 aliphatic rings. The molecular weight excluding hydrogens is 420 g/mol. The largest absolute Gasteiger partial charge is 0.386 e. The van der Waals surface area contributed by atoms with Crippen LogP contribution in [-0.2, 0) is 23.8 Å². The second-order valence-electron chi connectivity index (χ2n) is 11.3. The van der Waals surface area contributed by atoms with Crippen molar-refractivity contribution in [1.82, 2.24) is 0 Å². The summed E-state index contributed by atoms with van der Waals surface area (Å²) in [7, 11) is -3.87. The molecule has 3 saturated carbocycles. The van der Waals surface area contributed by atoms with E-state index in [1.165, 1.54) is 0 Å². The Morgan fingerprint density at radius 3 is 2.61 bits per heavy atom. The molecule has 5 fully saturated rings. The standard InChI is InChI=1S/C23H30O7S/c1-13-8-17-16-5-4-14-9-15(24)6-7-19(14,2)22(16)18(30-22)10-20(17,3)23(13,26)21(25)11-29-31(27,28)12-21/h6-7,9,13,16-18,25-26H,4-5,8,10-12H2,1-3H3/t13-,16+,17+,18+,19+,20+,21+,22-,23-/m1/s1. The second kappa shape index (κ2) is 5.53. The van der Waals surface area contributed by atoms with Gasteiger partial charge in [-0.3, -0.25) is 8.98 Å². The van der Waals surface area contributed by atoms with Crippen LogP contribution < -0.4 is 0 Å². The van der Waals surface area contributed by atoms with Gasteiger partial charge in [0.15, 0.2) is 5.78 Å². The van der Waals surface area contributed by atoms with Gasteiger partial charge in [-0.25, -0.2) is 0 Å². The summed E-state index contributed by atoms with van der Waals surface area (Å²) in [6.45, 7) is 5.67. The monoisotopic (exact) mass is 450 g/mol. The summed E-state index contributed by atoms with van der Waals surface area (Å²) < 4.78 is 35.6. The number of ketones is 1. The Kier molecular flexibility index (Phi) is 3.66. The SMILES string of the molecule is C[C@@H]1C[C@H]2[C@@H]3CCC4=CC(=O)C=C[C@]4(C)[C@@]34O[C@H]4C[C@]2(C)[C@@]1(O)[C@]1(O)COS(=O)(=O)C1. The van der Waals surface area contributed by atoms with Gasteiger partial charge in [-0.15, -0.1) is 0 Å². The summed E-state index contributed by atoms with van der Waals surface area (Å²) in [5.41, 5.74) is -3.77. The van der Waals surface area contributed by atoms with E-state index < -0.39 is 44.7 Å². The van der Waals surface area contributed by atoms with Crippen molar-refractivity contribution in [3.8, 4) is 0 Å². The van der Waals surface area contributed by atoms with Gasteiger partial charge in [-0.1, -0.05) is 25.5 Å². The number of hydrogen-bond donors (Lipinski definition) is 2. The molecule has 4 aliphatic carbocycles. The van der Waals surface area contributed by atoms with Crippen LogP contribution in [-0.4, -0.2) is 59.7 Å². The van der Waals surface area contributed by atoms with Crippen LogP contribution in [0.5, 0.6) is 0 Å². The second-order valence-corrected chi connectivity index (χ2v) is 12.9. The first kappa shape index (κ1) is 20.5. The van der Waals surface area contributed by atoms with Gasteiger partial charge in [-0.05, 0) is 62.5 Å². The molecule has 0 bridgehead atoms. The Morgan fingerprint density at radius 2 is 1.94 bits per heavy atom. The van der Waals surface area contributed by atoms with Crippen LogP contribution >= 0.6 is 0 Å². The van der Waals surface area contributed by atoms with Crippen LogP contribution in [0, 0.1) is 28.6 Å². The van der Waals surface area contributed by atoms with E-state index in [2.05, 4.69) is 6.92 Å². The molecule has 2 N–H and O–H groups in total. The van der Waals surface area contributed by atoms with E-state index in [1.54, 1.807) is 12.2 Å². The minimum Gasteiger partial charge on any atom is -0.386 e. The zero-order chi connectivity index (χ0) is 22.2. The van der Waals surface area contributed by atoms with Crippen LogP contribution in [0.15, 0.2) is 23.8 Å². The number of carbonyl (C=O) groups is 1. The van der Waals surface area contributed by atoms with Gasteiger partial charge in [0.1, 0.15) is 22.6 Å². The molecule has 0 unspecified atom stereocenters. The maximum Gasteiger partial charge on any atom is 0.270 e. The topological polar surface area (TPSA) is 113 Å². The highest BCUT2D eigenvalue weighted by Crippen LogP contribution is 2.77. The van der Waals surface area contributed by atoms with Gasteiger partial charge in [0.2, 0.25) is 0 Å². The number of epoxide rings is 1. The van der Waals surface area contributed by atoms with E-state index in [0.717, 1.165) is 18.4 Å². The lowest BCUT2D eigenvalue weighted by atomic mass is 9.46. The van der Waals surface area contributed by atoms with Crippen LogP contribution in [0.3, 0.4) is 0 Å². The smallest absolute Gasteiger partial charge is 0.270 e. The maximum absolute atomic E-state index is 12.1. The number of rotatable bonds is 1. The van der Waals surface area contributed by atoms with E-state index in [1.807, 2.05) is 19.9 Å². The average Bonchev–Trinajstić information content (AvgIpc) is 3.27. The quantitative estimate of drug-likeness (QED) is 0.460. The van der Waals surface area contributed by atoms with Gasteiger partial charge >= 0.3 is 0 Å². The summed E-state index contributed by atoms with van der Waals surface area (Å²) in [5, 5.41) is 23.6. The number of ether oxygens (including phenoxy) is 1. The van der Waals surface area contributed by atoms with E-state index in [0.29, 0.717) is 12.8 Å². The fraction of sp³-hybridized carbons (Fsp3) is 0.783. The number of aliphatic hydroxyl groups is 2. The third-order valence-electron chi connectivity index (χ3n) is 10.1. The Balaban J connectivity index is 1.44. The fourth-order valence-corrected chi connectivity index (χ4v) is 10.1. The van der Waals surface area contributed by atoms with E-state index in [4.69, 9.17) is 8.92 Å². The molecule has 0 aromatic rings. The molecule has 31 heavy (non-hydrogen) atoms. The molecule has 2 saturated heterocycles. The van der Waals surface area contributed by atoms with Crippen LogP contribution in [0.1, 0.15) is 46.5 Å². The third kappa shape index (κ3) is 2.10. The van der Waals surface area contributed by atoms with Crippen LogP contribution in [0.2, 0.25) is 0 Å². The fourth-order valence-electron chi connectivity index (χ4n) is 8.76. The summed E-state index contributed by atoms with van der Waals surface area (Å²) in [4.78, 5) is 12.0. The van der Waals surface area contributed by atoms with Crippen molar-refractivity contribution in [2.75, 3.05) is 12.4 Å². The Morgan fingerprint density at radius 1 is 1.19 bits per heavy atom. The summed E-state index contributed by atoms with van der Waals surface area (Å²) >= 11 is 0. The van der Waals surface area contributed by atoms with Crippen molar-refractivity contribution in [3.05, 3.63) is 23.8 Å². The van der Waals surface area contributed by atoms with Gasteiger partial charge in [0.25, 0.3) is 10.1 Å². The van der Waals surface area contributed by atoms with Gasteiger partial charge < -0.3 is 14.9 Å². The average molecular weight is 451 g/mol. The summed E-state index contributed by atoms with van der Waals surface area (Å²) in [6, 6.07) is 0. The third-order valence-corrected chi connectivity index (χ3v) is 11.4. The molecule has 0 radical (unpaired) electrons. The molecule has 1 spiro atoms. The Hall–Kier alpha value is -1.06. The Bertz CT molecular complexity index is 1060. The number of hydrogen-bond acceptors (Lipinski definition) is 7. The number of carbonyl (C=O) groups excluding carboxylic acids is 1. The van der Waals surface area contributed by atoms with Crippen molar-refractivity contribution in [2.45, 2.75) is 69.4 Å². The first-order chi connectivity index (χ1) is 14.3. The predicted octanol–water partition coefficient (Wildman–Crippen LogP) is 1.49. The highest BCUT2D eigenvalue weighted by atomic mass is 32.2.